The Bertz CT molecular complexity index is 259. The molecule has 0 unspecified atom stereocenters. The number of halogens is 1. The molecule has 1 nitrogen and oxygen atoms in total. The number of rotatable bonds is 24. The summed E-state index contributed by atoms with van der Waals surface area (Å²) >= 11 is 0. The van der Waals surface area contributed by atoms with Gasteiger partial charge in [-0.3, -0.25) is 0 Å². The first kappa shape index (κ1) is 32.6. The monoisotopic (exact) mass is 489 g/mol. The van der Waals surface area contributed by atoms with Crippen LogP contribution in [0.25, 0.3) is 0 Å². The van der Waals surface area contributed by atoms with Crippen molar-refractivity contribution in [2.45, 2.75) is 180 Å². The summed E-state index contributed by atoms with van der Waals surface area (Å²) in [6.07, 6.45) is 33.2. The molecule has 0 heterocycles. The second-order valence-corrected chi connectivity index (χ2v) is 9.98. The van der Waals surface area contributed by atoms with E-state index < -0.39 is 0 Å². The van der Waals surface area contributed by atoms with Crippen molar-refractivity contribution in [1.29, 1.82) is 0 Å². The average Bonchev–Trinajstić information content (AvgIpc) is 2.72. The Morgan fingerprint density at radius 3 is 0.800 bits per heavy atom. The zero-order valence-corrected chi connectivity index (χ0v) is 23.2. The minimum atomic E-state index is 0. The lowest BCUT2D eigenvalue weighted by atomic mass is 9.82. The summed E-state index contributed by atoms with van der Waals surface area (Å²) in [6, 6.07) is 0. The Balaban J connectivity index is 0. The second kappa shape index (κ2) is 25.7. The van der Waals surface area contributed by atoms with Crippen molar-refractivity contribution in [3.63, 3.8) is 0 Å². The predicted octanol–water partition coefficient (Wildman–Crippen LogP) is 10.7. The summed E-state index contributed by atoms with van der Waals surface area (Å²) in [5.74, 6) is 0. The summed E-state index contributed by atoms with van der Waals surface area (Å²) in [4.78, 5) is 0. The van der Waals surface area contributed by atoms with Crippen LogP contribution < -0.4 is 5.73 Å². The molecule has 0 fully saturated rings. The van der Waals surface area contributed by atoms with Gasteiger partial charge in [0.1, 0.15) is 0 Å². The number of nitrogens with two attached hydrogens (primary N) is 1. The van der Waals surface area contributed by atoms with Crippen molar-refractivity contribution in [3.05, 3.63) is 0 Å². The number of hydrogen-bond donors (Lipinski definition) is 1. The van der Waals surface area contributed by atoms with Crippen molar-refractivity contribution in [2.24, 2.45) is 5.73 Å². The van der Waals surface area contributed by atoms with Gasteiger partial charge in [-0.1, -0.05) is 156 Å². The summed E-state index contributed by atoms with van der Waals surface area (Å²) in [6.45, 7) is 6.91. The van der Waals surface area contributed by atoms with E-state index in [9.17, 15) is 0 Å². The highest BCUT2D eigenvalue weighted by atomic mass is 79.9. The summed E-state index contributed by atoms with van der Waals surface area (Å²) in [5, 5.41) is 0. The Kier molecular flexibility index (Phi) is 27.9. The normalized spacial score (nSPS) is 11.6. The van der Waals surface area contributed by atoms with E-state index >= 15 is 0 Å². The summed E-state index contributed by atoms with van der Waals surface area (Å²) in [5.41, 5.74) is 7.12. The second-order valence-electron chi connectivity index (χ2n) is 9.98. The van der Waals surface area contributed by atoms with E-state index in [2.05, 4.69) is 20.8 Å². The molecule has 0 aliphatic rings. The van der Waals surface area contributed by atoms with Gasteiger partial charge in [0.05, 0.1) is 0 Å². The molecular weight excluding hydrogens is 430 g/mol. The van der Waals surface area contributed by atoms with Crippen LogP contribution >= 0.6 is 17.0 Å². The van der Waals surface area contributed by atoms with Crippen LogP contribution in [-0.2, 0) is 0 Å². The smallest absolute Gasteiger partial charge is 0.0154 e. The molecule has 0 atom stereocenters. The van der Waals surface area contributed by atoms with Crippen LogP contribution in [0.15, 0.2) is 0 Å². The fraction of sp³-hybridized carbons (Fsp3) is 1.00. The zero-order valence-electron chi connectivity index (χ0n) is 21.5. The summed E-state index contributed by atoms with van der Waals surface area (Å²) < 4.78 is 0. The predicted molar refractivity (Wildman–Crippen MR) is 145 cm³/mol. The maximum atomic E-state index is 6.99. The highest BCUT2D eigenvalue weighted by Crippen LogP contribution is 2.27. The molecule has 0 saturated carbocycles. The molecule has 0 aromatic carbocycles. The highest BCUT2D eigenvalue weighted by Gasteiger charge is 2.23. The lowest BCUT2D eigenvalue weighted by Gasteiger charge is -2.30. The SMILES string of the molecule is Br.CCCCCCCCCC(N)(CCCCCCCCC)CCCCCCCCC. The molecule has 30 heavy (non-hydrogen) atoms. The molecule has 2 N–H and O–H groups in total. The van der Waals surface area contributed by atoms with Gasteiger partial charge in [-0.25, -0.2) is 0 Å². The molecule has 0 spiro atoms. The van der Waals surface area contributed by atoms with Crippen molar-refractivity contribution >= 4 is 17.0 Å². The van der Waals surface area contributed by atoms with E-state index in [4.69, 9.17) is 5.73 Å². The zero-order chi connectivity index (χ0) is 21.5. The van der Waals surface area contributed by atoms with Crippen molar-refractivity contribution < 1.29 is 0 Å². The molecule has 0 radical (unpaired) electrons. The van der Waals surface area contributed by atoms with Crippen molar-refractivity contribution in [1.82, 2.24) is 0 Å². The van der Waals surface area contributed by atoms with E-state index in [1.54, 1.807) is 0 Å². The van der Waals surface area contributed by atoms with Gasteiger partial charge in [-0.05, 0) is 19.3 Å². The van der Waals surface area contributed by atoms with Crippen molar-refractivity contribution in [2.75, 3.05) is 0 Å². The molecule has 2 heteroatoms. The lowest BCUT2D eigenvalue weighted by molar-refractivity contribution is 0.302. The Morgan fingerprint density at radius 1 is 0.367 bits per heavy atom. The minimum Gasteiger partial charge on any atom is -0.325 e. The van der Waals surface area contributed by atoms with Gasteiger partial charge in [0, 0.05) is 5.54 Å². The maximum absolute atomic E-state index is 6.99. The minimum absolute atomic E-state index is 0. The third-order valence-corrected chi connectivity index (χ3v) is 6.83. The van der Waals surface area contributed by atoms with Crippen LogP contribution in [0.2, 0.25) is 0 Å². The van der Waals surface area contributed by atoms with E-state index in [1.165, 1.54) is 154 Å². The van der Waals surface area contributed by atoms with Gasteiger partial charge in [0.2, 0.25) is 0 Å². The summed E-state index contributed by atoms with van der Waals surface area (Å²) in [7, 11) is 0. The third kappa shape index (κ3) is 23.1. The number of hydrogen-bond acceptors (Lipinski definition) is 1. The molecule has 0 saturated heterocycles. The molecule has 0 bridgehead atoms. The topological polar surface area (TPSA) is 26.0 Å². The highest BCUT2D eigenvalue weighted by molar-refractivity contribution is 8.93. The van der Waals surface area contributed by atoms with Crippen LogP contribution in [0.4, 0.5) is 0 Å². The molecule has 0 aliphatic carbocycles. The van der Waals surface area contributed by atoms with E-state index in [1.807, 2.05) is 0 Å². The quantitative estimate of drug-likeness (QED) is 0.134. The van der Waals surface area contributed by atoms with Crippen LogP contribution in [-0.4, -0.2) is 5.54 Å². The van der Waals surface area contributed by atoms with E-state index in [0.29, 0.717) is 0 Å². The molecule has 0 aromatic heterocycles. The van der Waals surface area contributed by atoms with Gasteiger partial charge in [-0.15, -0.1) is 17.0 Å². The lowest BCUT2D eigenvalue weighted by Crippen LogP contribution is -2.39. The van der Waals surface area contributed by atoms with Gasteiger partial charge in [0.25, 0.3) is 0 Å². The average molecular weight is 491 g/mol. The van der Waals surface area contributed by atoms with Gasteiger partial charge in [0.15, 0.2) is 0 Å². The Labute approximate surface area is 202 Å². The Morgan fingerprint density at radius 2 is 0.567 bits per heavy atom. The van der Waals surface area contributed by atoms with Crippen LogP contribution in [0.3, 0.4) is 0 Å². The van der Waals surface area contributed by atoms with Gasteiger partial charge >= 0.3 is 0 Å². The largest absolute Gasteiger partial charge is 0.325 e. The standard InChI is InChI=1S/C28H59N.BrH/c1-4-7-10-13-16-19-22-25-28(29,26-23-20-17-14-11-8-5-2)27-24-21-18-15-12-9-6-3;/h4-27,29H2,1-3H3;1H. The molecule has 184 valence electrons. The van der Waals surface area contributed by atoms with Gasteiger partial charge < -0.3 is 5.73 Å². The maximum Gasteiger partial charge on any atom is 0.0154 e. The molecular formula is C28H60BrN. The third-order valence-electron chi connectivity index (χ3n) is 6.83. The molecule has 0 rings (SSSR count). The first-order valence-electron chi connectivity index (χ1n) is 14.0. The first-order valence-corrected chi connectivity index (χ1v) is 14.0. The van der Waals surface area contributed by atoms with Crippen molar-refractivity contribution in [3.8, 4) is 0 Å². The van der Waals surface area contributed by atoms with Crippen LogP contribution in [0, 0.1) is 0 Å². The first-order chi connectivity index (χ1) is 14.2. The number of unbranched alkanes of at least 4 members (excludes halogenated alkanes) is 18. The van der Waals surface area contributed by atoms with Crippen LogP contribution in [0.1, 0.15) is 175 Å². The fourth-order valence-electron chi connectivity index (χ4n) is 4.68. The van der Waals surface area contributed by atoms with E-state index in [-0.39, 0.29) is 22.5 Å². The fourth-order valence-corrected chi connectivity index (χ4v) is 4.68. The molecule has 0 aromatic rings. The van der Waals surface area contributed by atoms with Gasteiger partial charge in [-0.2, -0.15) is 0 Å². The molecule has 0 amide bonds. The van der Waals surface area contributed by atoms with Crippen LogP contribution in [0.5, 0.6) is 0 Å². The van der Waals surface area contributed by atoms with E-state index in [0.717, 1.165) is 0 Å². The Hall–Kier alpha value is 0.440. The molecule has 0 aliphatic heterocycles.